The Labute approximate surface area is 181 Å². The van der Waals surface area contributed by atoms with Crippen molar-refractivity contribution < 1.29 is 24.0 Å². The van der Waals surface area contributed by atoms with Gasteiger partial charge in [0, 0.05) is 25.4 Å². The summed E-state index contributed by atoms with van der Waals surface area (Å²) < 4.78 is 0. The lowest BCUT2D eigenvalue weighted by Crippen LogP contribution is -2.56. The fraction of sp³-hybridized carbons (Fsp3) is 0.667. The predicted molar refractivity (Wildman–Crippen MR) is 111 cm³/mol. The van der Waals surface area contributed by atoms with Crippen LogP contribution in [-0.2, 0) is 19.2 Å². The molecule has 0 aromatic rings. The third-order valence-electron chi connectivity index (χ3n) is 5.99. The normalized spacial score (nSPS) is 25.3. The van der Waals surface area contributed by atoms with Crippen molar-refractivity contribution in [2.24, 2.45) is 17.1 Å². The lowest BCUT2D eigenvalue weighted by molar-refractivity contribution is -0.150. The summed E-state index contributed by atoms with van der Waals surface area (Å²) in [6.45, 7) is 5.80. The number of rotatable bonds is 7. The highest BCUT2D eigenvalue weighted by atomic mass is 16.2. The number of carbonyl (C=O) groups excluding carboxylic acids is 5. The molecule has 0 bridgehead atoms. The molecule has 0 aromatic heterocycles. The van der Waals surface area contributed by atoms with Crippen LogP contribution in [0.5, 0.6) is 0 Å². The molecular weight excluding hydrogens is 402 g/mol. The number of carbonyl (C=O) groups is 5. The number of imide groups is 1. The minimum Gasteiger partial charge on any atom is -0.354 e. The average molecular weight is 434 g/mol. The van der Waals surface area contributed by atoms with Crippen molar-refractivity contribution in [3.63, 3.8) is 0 Å². The smallest absolute Gasteiger partial charge is 0.313 e. The average Bonchev–Trinajstić information content (AvgIpc) is 3.18. The third-order valence-corrected chi connectivity index (χ3v) is 5.99. The molecule has 3 rings (SSSR count). The lowest BCUT2D eigenvalue weighted by atomic mass is 9.85. The Kier molecular flexibility index (Phi) is 6.11. The molecule has 2 aliphatic carbocycles. The summed E-state index contributed by atoms with van der Waals surface area (Å²) in [6.07, 6.45) is 5.77. The van der Waals surface area contributed by atoms with E-state index in [1.54, 1.807) is 0 Å². The number of likely N-dealkylation sites (tertiary alicyclic amines) is 1. The number of nitrogens with two attached hydrogens (primary N) is 1. The van der Waals surface area contributed by atoms with E-state index in [9.17, 15) is 24.0 Å². The first-order valence-corrected chi connectivity index (χ1v) is 10.6. The Bertz CT molecular complexity index is 811. The SMILES string of the molecule is CC(C)(C)C(C(=O)NC[C@H]1C=C[C@@H](NC(=O)C2(NC(N)=O)CC2)C1)N1C(=O)CCC1=O. The van der Waals surface area contributed by atoms with Gasteiger partial charge in [-0.2, -0.15) is 0 Å². The monoisotopic (exact) mass is 433 g/mol. The lowest BCUT2D eigenvalue weighted by Gasteiger charge is -2.35. The van der Waals surface area contributed by atoms with Crippen molar-refractivity contribution in [3.8, 4) is 0 Å². The molecule has 31 heavy (non-hydrogen) atoms. The molecule has 2 fully saturated rings. The molecule has 3 atom stereocenters. The molecule has 170 valence electrons. The maximum atomic E-state index is 12.9. The molecule has 3 aliphatic rings. The molecule has 0 radical (unpaired) electrons. The molecule has 10 heteroatoms. The van der Waals surface area contributed by atoms with Gasteiger partial charge in [0.1, 0.15) is 11.6 Å². The maximum Gasteiger partial charge on any atom is 0.313 e. The van der Waals surface area contributed by atoms with Gasteiger partial charge in [0.25, 0.3) is 0 Å². The quantitative estimate of drug-likeness (QED) is 0.327. The molecule has 0 spiro atoms. The predicted octanol–water partition coefficient (Wildman–Crippen LogP) is -0.0719. The first kappa shape index (κ1) is 22.8. The van der Waals surface area contributed by atoms with Crippen LogP contribution in [0.3, 0.4) is 0 Å². The summed E-state index contributed by atoms with van der Waals surface area (Å²) in [6, 6.07) is -1.80. The molecule has 5 N–H and O–H groups in total. The van der Waals surface area contributed by atoms with Crippen LogP contribution in [-0.4, -0.2) is 58.7 Å². The van der Waals surface area contributed by atoms with Gasteiger partial charge in [-0.1, -0.05) is 32.9 Å². The topological polar surface area (TPSA) is 151 Å². The molecule has 1 heterocycles. The summed E-state index contributed by atoms with van der Waals surface area (Å²) in [5, 5.41) is 8.27. The van der Waals surface area contributed by atoms with Gasteiger partial charge in [-0.3, -0.25) is 24.1 Å². The molecule has 1 saturated carbocycles. The highest BCUT2D eigenvalue weighted by Gasteiger charge is 2.51. The number of hydrogen-bond donors (Lipinski definition) is 4. The fourth-order valence-corrected chi connectivity index (χ4v) is 4.22. The van der Waals surface area contributed by atoms with Crippen LogP contribution < -0.4 is 21.7 Å². The summed E-state index contributed by atoms with van der Waals surface area (Å²) in [5.74, 6) is -1.26. The number of nitrogens with one attached hydrogen (secondary N) is 3. The number of nitrogens with zero attached hydrogens (tertiary/aromatic N) is 1. The molecule has 10 nitrogen and oxygen atoms in total. The second-order valence-corrected chi connectivity index (χ2v) is 9.70. The largest absolute Gasteiger partial charge is 0.354 e. The Morgan fingerprint density at radius 2 is 1.77 bits per heavy atom. The first-order valence-electron chi connectivity index (χ1n) is 10.6. The molecule has 1 saturated heterocycles. The van der Waals surface area contributed by atoms with E-state index in [-0.39, 0.29) is 48.4 Å². The van der Waals surface area contributed by atoms with Crippen LogP contribution in [0, 0.1) is 11.3 Å². The highest BCUT2D eigenvalue weighted by molar-refractivity contribution is 6.05. The molecule has 1 unspecified atom stereocenters. The van der Waals surface area contributed by atoms with Crippen LogP contribution >= 0.6 is 0 Å². The van der Waals surface area contributed by atoms with Crippen LogP contribution in [0.4, 0.5) is 4.79 Å². The Morgan fingerprint density at radius 3 is 2.29 bits per heavy atom. The standard InChI is InChI=1S/C21H31N5O5/c1-20(2,3)16(26-14(27)6-7-15(26)28)17(29)23-11-12-4-5-13(10-12)24-18(30)21(8-9-21)25-19(22)31/h4-5,12-13,16H,6-11H2,1-3H3,(H,23,29)(H,24,30)(H3,22,25,31)/t12-,13+,16?/m0/s1. The van der Waals surface area contributed by atoms with E-state index in [1.165, 1.54) is 0 Å². The van der Waals surface area contributed by atoms with Crippen molar-refractivity contribution >= 4 is 29.7 Å². The van der Waals surface area contributed by atoms with Crippen molar-refractivity contribution in [1.82, 2.24) is 20.9 Å². The summed E-state index contributed by atoms with van der Waals surface area (Å²) in [4.78, 5) is 61.9. The Hall–Kier alpha value is -2.91. The van der Waals surface area contributed by atoms with Crippen LogP contribution in [0.2, 0.25) is 0 Å². The van der Waals surface area contributed by atoms with E-state index >= 15 is 0 Å². The van der Waals surface area contributed by atoms with Crippen molar-refractivity contribution in [3.05, 3.63) is 12.2 Å². The molecule has 1 aliphatic heterocycles. The summed E-state index contributed by atoms with van der Waals surface area (Å²) in [7, 11) is 0. The van der Waals surface area contributed by atoms with E-state index in [1.807, 2.05) is 32.9 Å². The van der Waals surface area contributed by atoms with Gasteiger partial charge in [0.05, 0.1) is 0 Å². The minimum absolute atomic E-state index is 0.000831. The van der Waals surface area contributed by atoms with Crippen molar-refractivity contribution in [2.75, 3.05) is 6.54 Å². The summed E-state index contributed by atoms with van der Waals surface area (Å²) in [5.41, 5.74) is 3.64. The molecule has 6 amide bonds. The van der Waals surface area contributed by atoms with Crippen LogP contribution in [0.15, 0.2) is 12.2 Å². The van der Waals surface area contributed by atoms with E-state index in [0.717, 1.165) is 4.90 Å². The van der Waals surface area contributed by atoms with Crippen molar-refractivity contribution in [2.45, 2.75) is 70.5 Å². The number of amides is 6. The highest BCUT2D eigenvalue weighted by Crippen LogP contribution is 2.36. The number of urea groups is 1. The third kappa shape index (κ3) is 5.05. The minimum atomic E-state index is -0.902. The number of hydrogen-bond acceptors (Lipinski definition) is 5. The zero-order valence-electron chi connectivity index (χ0n) is 18.2. The summed E-state index contributed by atoms with van der Waals surface area (Å²) >= 11 is 0. The second kappa shape index (κ2) is 8.32. The zero-order chi connectivity index (χ0) is 23.0. The van der Waals surface area contributed by atoms with Gasteiger partial charge in [-0.25, -0.2) is 4.79 Å². The second-order valence-electron chi connectivity index (χ2n) is 9.70. The van der Waals surface area contributed by atoms with Crippen LogP contribution in [0.1, 0.15) is 52.9 Å². The van der Waals surface area contributed by atoms with Gasteiger partial charge in [0.2, 0.25) is 23.6 Å². The first-order chi connectivity index (χ1) is 14.4. The van der Waals surface area contributed by atoms with E-state index in [4.69, 9.17) is 5.73 Å². The number of primary amides is 1. The van der Waals surface area contributed by atoms with Gasteiger partial charge >= 0.3 is 6.03 Å². The van der Waals surface area contributed by atoms with E-state index in [2.05, 4.69) is 16.0 Å². The van der Waals surface area contributed by atoms with Gasteiger partial charge in [-0.15, -0.1) is 0 Å². The van der Waals surface area contributed by atoms with Gasteiger partial charge in [-0.05, 0) is 30.6 Å². The van der Waals surface area contributed by atoms with Gasteiger partial charge < -0.3 is 21.7 Å². The Morgan fingerprint density at radius 1 is 1.16 bits per heavy atom. The van der Waals surface area contributed by atoms with E-state index < -0.39 is 23.0 Å². The molecular formula is C21H31N5O5. The zero-order valence-corrected chi connectivity index (χ0v) is 18.2. The molecule has 0 aromatic carbocycles. The maximum absolute atomic E-state index is 12.9. The fourth-order valence-electron chi connectivity index (χ4n) is 4.22. The van der Waals surface area contributed by atoms with Crippen molar-refractivity contribution in [1.29, 1.82) is 0 Å². The van der Waals surface area contributed by atoms with Gasteiger partial charge in [0.15, 0.2) is 0 Å². The Balaban J connectivity index is 1.52. The van der Waals surface area contributed by atoms with E-state index in [0.29, 0.717) is 25.8 Å². The van der Waals surface area contributed by atoms with Crippen LogP contribution in [0.25, 0.3) is 0 Å².